The van der Waals surface area contributed by atoms with Gasteiger partial charge in [-0.15, -0.1) is 11.3 Å². The van der Waals surface area contributed by atoms with Crippen molar-refractivity contribution in [2.75, 3.05) is 0 Å². The van der Waals surface area contributed by atoms with Gasteiger partial charge in [0.25, 0.3) is 0 Å². The molecule has 0 spiro atoms. The van der Waals surface area contributed by atoms with Crippen molar-refractivity contribution in [2.24, 2.45) is 0 Å². The Balaban J connectivity index is 1.80. The Labute approximate surface area is 141 Å². The average Bonchev–Trinajstić information content (AvgIpc) is 3.19. The van der Waals surface area contributed by atoms with Gasteiger partial charge in [-0.1, -0.05) is 0 Å². The Bertz CT molecular complexity index is 1010. The van der Waals surface area contributed by atoms with Gasteiger partial charge in [0.05, 0.1) is 44.2 Å². The van der Waals surface area contributed by atoms with Crippen molar-refractivity contribution < 1.29 is 20.1 Å². The van der Waals surface area contributed by atoms with E-state index in [2.05, 4.69) is 4.98 Å². The Kier molecular flexibility index (Phi) is 2.44. The number of benzene rings is 1. The van der Waals surface area contributed by atoms with Crippen LogP contribution < -0.4 is 0 Å². The van der Waals surface area contributed by atoms with E-state index >= 15 is 0 Å². The number of nitrogens with zero attached hydrogens (tertiary/aromatic N) is 2. The molecule has 3 aromatic rings. The van der Waals surface area contributed by atoms with Crippen LogP contribution in [0.1, 0.15) is 31.4 Å². The minimum atomic E-state index is -1.01. The highest BCUT2D eigenvalue weighted by Crippen LogP contribution is 2.64. The maximum atomic E-state index is 10.8. The first-order valence-corrected chi connectivity index (χ1v) is 8.62. The summed E-state index contributed by atoms with van der Waals surface area (Å²) in [6.45, 7) is 3.59. The first-order chi connectivity index (χ1) is 11.3. The third-order valence-corrected chi connectivity index (χ3v) is 6.17. The lowest BCUT2D eigenvalue weighted by molar-refractivity contribution is -0.0936. The average molecular weight is 344 g/mol. The summed E-state index contributed by atoms with van der Waals surface area (Å²) in [5.74, 6) is -0.124. The van der Waals surface area contributed by atoms with E-state index in [-0.39, 0.29) is 11.8 Å². The van der Waals surface area contributed by atoms with Crippen LogP contribution in [0.4, 0.5) is 0 Å². The zero-order chi connectivity index (χ0) is 16.9. The van der Waals surface area contributed by atoms with Crippen LogP contribution in [-0.4, -0.2) is 31.0 Å². The second kappa shape index (κ2) is 4.11. The van der Waals surface area contributed by atoms with Crippen LogP contribution in [-0.2, 0) is 15.9 Å². The molecule has 3 atom stereocenters. The molecule has 6 nitrogen and oxygen atoms in total. The molecule has 124 valence electrons. The molecule has 3 N–H and O–H groups in total. The van der Waals surface area contributed by atoms with Gasteiger partial charge in [0.1, 0.15) is 5.60 Å². The number of aromatic nitrogens is 2. The van der Waals surface area contributed by atoms with Crippen molar-refractivity contribution in [1.82, 2.24) is 9.55 Å². The summed E-state index contributed by atoms with van der Waals surface area (Å²) in [6.07, 6.45) is -0.332. The lowest BCUT2D eigenvalue weighted by Crippen LogP contribution is -2.32. The summed E-state index contributed by atoms with van der Waals surface area (Å²) < 4.78 is 8.38. The van der Waals surface area contributed by atoms with Crippen LogP contribution >= 0.6 is 11.3 Å². The Morgan fingerprint density at radius 2 is 2.00 bits per heavy atom. The number of aliphatic hydroxyl groups excluding tert-OH is 1. The molecule has 0 radical (unpaired) electrons. The maximum absolute atomic E-state index is 10.8. The van der Waals surface area contributed by atoms with E-state index in [4.69, 9.17) is 4.74 Å². The zero-order valence-electron chi connectivity index (χ0n) is 13.1. The number of fused-ring (bicyclic) bond motifs is 6. The highest BCUT2D eigenvalue weighted by atomic mass is 32.1. The van der Waals surface area contributed by atoms with E-state index < -0.39 is 17.3 Å². The van der Waals surface area contributed by atoms with Gasteiger partial charge in [-0.25, -0.2) is 4.98 Å². The molecule has 2 bridgehead atoms. The van der Waals surface area contributed by atoms with Crippen molar-refractivity contribution in [1.29, 1.82) is 0 Å². The zero-order valence-corrected chi connectivity index (χ0v) is 14.0. The Hall–Kier alpha value is -2.09. The van der Waals surface area contributed by atoms with Crippen molar-refractivity contribution >= 4 is 21.6 Å². The van der Waals surface area contributed by atoms with Crippen LogP contribution in [0.5, 0.6) is 11.8 Å². The molecule has 24 heavy (non-hydrogen) atoms. The second-order valence-electron chi connectivity index (χ2n) is 6.90. The molecular formula is C17H16N2O4S. The molecule has 7 heteroatoms. The number of thiazole rings is 1. The van der Waals surface area contributed by atoms with Gasteiger partial charge >= 0.3 is 0 Å². The third-order valence-electron chi connectivity index (χ3n) is 5.38. The summed E-state index contributed by atoms with van der Waals surface area (Å²) in [6, 6.07) is 5.54. The Morgan fingerprint density at radius 3 is 2.79 bits per heavy atom. The minimum Gasteiger partial charge on any atom is -0.494 e. The van der Waals surface area contributed by atoms with Crippen molar-refractivity contribution in [3.05, 3.63) is 34.8 Å². The summed E-state index contributed by atoms with van der Waals surface area (Å²) in [4.78, 5) is 4.25. The van der Waals surface area contributed by atoms with Crippen molar-refractivity contribution in [3.63, 3.8) is 0 Å². The number of rotatable bonds is 1. The monoisotopic (exact) mass is 344 g/mol. The summed E-state index contributed by atoms with van der Waals surface area (Å²) in [5.41, 5.74) is 2.52. The van der Waals surface area contributed by atoms with Crippen LogP contribution in [0.3, 0.4) is 0 Å². The largest absolute Gasteiger partial charge is 0.494 e. The van der Waals surface area contributed by atoms with Gasteiger partial charge in [0.2, 0.25) is 11.8 Å². The Morgan fingerprint density at radius 1 is 1.25 bits per heavy atom. The highest BCUT2D eigenvalue weighted by Gasteiger charge is 2.64. The molecule has 2 aliphatic rings. The number of hydrogen-bond acceptors (Lipinski definition) is 6. The molecule has 1 saturated heterocycles. The molecule has 5 rings (SSSR count). The molecule has 0 aliphatic carbocycles. The molecule has 1 aromatic carbocycles. The van der Waals surface area contributed by atoms with Crippen molar-refractivity contribution in [2.45, 2.75) is 37.6 Å². The molecule has 2 aromatic heterocycles. The van der Waals surface area contributed by atoms with E-state index in [0.29, 0.717) is 23.2 Å². The van der Waals surface area contributed by atoms with E-state index in [1.165, 1.54) is 15.9 Å². The lowest BCUT2D eigenvalue weighted by atomic mass is 9.78. The van der Waals surface area contributed by atoms with Gasteiger partial charge in [-0.05, 0) is 32.0 Å². The molecular weight excluding hydrogens is 328 g/mol. The number of hydrogen-bond donors (Lipinski definition) is 3. The van der Waals surface area contributed by atoms with Crippen LogP contribution in [0.25, 0.3) is 15.9 Å². The van der Waals surface area contributed by atoms with E-state index in [9.17, 15) is 15.3 Å². The summed E-state index contributed by atoms with van der Waals surface area (Å²) >= 11 is 1.50. The number of aliphatic hydroxyl groups is 1. The fourth-order valence-electron chi connectivity index (χ4n) is 4.26. The van der Waals surface area contributed by atoms with Gasteiger partial charge in [-0.3, -0.25) is 4.57 Å². The molecule has 0 unspecified atom stereocenters. The van der Waals surface area contributed by atoms with Gasteiger partial charge in [0, 0.05) is 6.42 Å². The normalized spacial score (nSPS) is 31.0. The third kappa shape index (κ3) is 1.46. The van der Waals surface area contributed by atoms with Crippen LogP contribution in [0.15, 0.2) is 23.7 Å². The van der Waals surface area contributed by atoms with Gasteiger partial charge in [-0.2, -0.15) is 0 Å². The van der Waals surface area contributed by atoms with Gasteiger partial charge < -0.3 is 20.1 Å². The number of aromatic hydroxyl groups is 2. The van der Waals surface area contributed by atoms with Crippen LogP contribution in [0, 0.1) is 0 Å². The van der Waals surface area contributed by atoms with E-state index in [1.54, 1.807) is 18.5 Å². The first kappa shape index (κ1) is 14.3. The predicted molar refractivity (Wildman–Crippen MR) is 88.7 cm³/mol. The summed E-state index contributed by atoms with van der Waals surface area (Å²) in [5, 5.41) is 32.0. The molecule has 1 fully saturated rings. The fourth-order valence-corrected chi connectivity index (χ4v) is 4.97. The predicted octanol–water partition coefficient (Wildman–Crippen LogP) is 2.72. The lowest BCUT2D eigenvalue weighted by Gasteiger charge is -2.25. The van der Waals surface area contributed by atoms with Crippen molar-refractivity contribution in [3.8, 4) is 17.4 Å². The minimum absolute atomic E-state index is 0.0375. The quantitative estimate of drug-likeness (QED) is 0.632. The maximum Gasteiger partial charge on any atom is 0.205 e. The fraction of sp³-hybridized carbons (Fsp3) is 0.353. The topological polar surface area (TPSA) is 87.7 Å². The molecule has 0 amide bonds. The second-order valence-corrected chi connectivity index (χ2v) is 7.78. The van der Waals surface area contributed by atoms with Crippen LogP contribution in [0.2, 0.25) is 0 Å². The van der Waals surface area contributed by atoms with E-state index in [1.807, 2.05) is 19.1 Å². The SMILES string of the molecule is C[C@]12C[C@H](O)[C@](C)(O1)c1c2c(O)n(-c2ccc3ncsc3c2)c1O. The van der Waals surface area contributed by atoms with E-state index in [0.717, 1.165) is 10.2 Å². The standard InChI is InChI=1S/C17H16N2O4S/c1-16-6-11(20)17(2,23-16)13-12(16)14(21)19(15(13)22)8-3-4-9-10(5-8)24-7-18-9/h3-5,7,11,20-22H,6H2,1-2H3/t11-,16+,17-/m0/s1. The highest BCUT2D eigenvalue weighted by molar-refractivity contribution is 7.16. The molecule has 2 aliphatic heterocycles. The summed E-state index contributed by atoms with van der Waals surface area (Å²) in [7, 11) is 0. The molecule has 0 saturated carbocycles. The first-order valence-electron chi connectivity index (χ1n) is 7.74. The number of ether oxygens (including phenoxy) is 1. The van der Waals surface area contributed by atoms with Gasteiger partial charge in [0.15, 0.2) is 0 Å². The molecule has 4 heterocycles. The smallest absolute Gasteiger partial charge is 0.205 e.